The van der Waals surface area contributed by atoms with Crippen molar-refractivity contribution >= 4 is 49.8 Å². The molecule has 1 fully saturated rings. The van der Waals surface area contributed by atoms with Gasteiger partial charge in [-0.25, -0.2) is 0 Å². The van der Waals surface area contributed by atoms with Crippen LogP contribution >= 0.6 is 27.3 Å². The minimum Gasteiger partial charge on any atom is -0.486 e. The highest BCUT2D eigenvalue weighted by Gasteiger charge is 2.30. The minimum absolute atomic E-state index is 0.0309. The van der Waals surface area contributed by atoms with Crippen LogP contribution in [0.3, 0.4) is 0 Å². The quantitative estimate of drug-likeness (QED) is 0.783. The normalized spacial score (nSPS) is 15.6. The third kappa shape index (κ3) is 3.64. The van der Waals surface area contributed by atoms with Gasteiger partial charge in [0.2, 0.25) is 5.91 Å². The number of nitrogens with one attached hydrogen (secondary N) is 2. The van der Waals surface area contributed by atoms with Crippen LogP contribution in [0, 0.1) is 5.92 Å². The van der Waals surface area contributed by atoms with Crippen molar-refractivity contribution in [1.82, 2.24) is 0 Å². The van der Waals surface area contributed by atoms with Crippen LogP contribution in [0.2, 0.25) is 0 Å². The van der Waals surface area contributed by atoms with E-state index in [1.807, 2.05) is 0 Å². The van der Waals surface area contributed by atoms with Crippen LogP contribution in [0.15, 0.2) is 28.7 Å². The van der Waals surface area contributed by atoms with Gasteiger partial charge in [-0.05, 0) is 40.9 Å². The number of rotatable bonds is 4. The van der Waals surface area contributed by atoms with E-state index in [9.17, 15) is 9.59 Å². The number of carbonyl (C=O) groups excluding carboxylic acids is 2. The van der Waals surface area contributed by atoms with Gasteiger partial charge < -0.3 is 20.1 Å². The van der Waals surface area contributed by atoms with Crippen molar-refractivity contribution in [3.05, 3.63) is 33.6 Å². The summed E-state index contributed by atoms with van der Waals surface area (Å²) in [6.07, 6.45) is 1.89. The van der Waals surface area contributed by atoms with Gasteiger partial charge in [0, 0.05) is 22.5 Å². The summed E-state index contributed by atoms with van der Waals surface area (Å²) < 4.78 is 11.8. The fraction of sp³-hybridized carbons (Fsp3) is 0.294. The van der Waals surface area contributed by atoms with Crippen molar-refractivity contribution in [2.75, 3.05) is 23.8 Å². The van der Waals surface area contributed by atoms with Crippen LogP contribution in [-0.2, 0) is 4.79 Å². The Morgan fingerprint density at radius 1 is 1.08 bits per heavy atom. The number of fused-ring (bicyclic) bond motifs is 1. The third-order valence-electron chi connectivity index (χ3n) is 3.90. The maximum Gasteiger partial charge on any atom is 0.265 e. The summed E-state index contributed by atoms with van der Waals surface area (Å²) in [4.78, 5) is 24.8. The van der Waals surface area contributed by atoms with Crippen molar-refractivity contribution in [3.8, 4) is 11.5 Å². The molecule has 1 aromatic carbocycles. The van der Waals surface area contributed by atoms with Gasteiger partial charge in [0.1, 0.15) is 13.2 Å². The molecule has 0 unspecified atom stereocenters. The van der Waals surface area contributed by atoms with E-state index in [1.165, 1.54) is 11.3 Å². The smallest absolute Gasteiger partial charge is 0.265 e. The number of anilines is 2. The fourth-order valence-corrected chi connectivity index (χ4v) is 3.67. The molecule has 1 saturated carbocycles. The Balaban J connectivity index is 1.46. The van der Waals surface area contributed by atoms with Crippen LogP contribution in [0.1, 0.15) is 22.5 Å². The molecule has 2 aromatic rings. The molecule has 4 rings (SSSR count). The van der Waals surface area contributed by atoms with Gasteiger partial charge in [0.25, 0.3) is 5.91 Å². The standard InChI is InChI=1S/C17H15BrN2O4S/c18-10-7-12-13(24-6-5-23-12)8-11(10)19-17(22)14-3-4-15(25-14)20-16(21)9-1-2-9/h3-4,7-9H,1-2,5-6H2,(H,19,22)(H,20,21). The van der Waals surface area contributed by atoms with E-state index in [4.69, 9.17) is 9.47 Å². The zero-order valence-corrected chi connectivity index (χ0v) is 15.5. The van der Waals surface area contributed by atoms with E-state index in [1.54, 1.807) is 24.3 Å². The predicted octanol–water partition coefficient (Wildman–Crippen LogP) is 3.88. The Bertz CT molecular complexity index is 847. The predicted molar refractivity (Wildman–Crippen MR) is 98.8 cm³/mol. The van der Waals surface area contributed by atoms with Crippen molar-refractivity contribution in [2.45, 2.75) is 12.8 Å². The Morgan fingerprint density at radius 2 is 1.80 bits per heavy atom. The summed E-state index contributed by atoms with van der Waals surface area (Å²) in [5.74, 6) is 1.18. The van der Waals surface area contributed by atoms with Crippen molar-refractivity contribution in [3.63, 3.8) is 0 Å². The summed E-state index contributed by atoms with van der Waals surface area (Å²) in [5.41, 5.74) is 0.603. The molecule has 0 spiro atoms. The first-order chi connectivity index (χ1) is 12.1. The lowest BCUT2D eigenvalue weighted by Crippen LogP contribution is -2.16. The van der Waals surface area contributed by atoms with Crippen LogP contribution < -0.4 is 20.1 Å². The van der Waals surface area contributed by atoms with Gasteiger partial charge in [-0.3, -0.25) is 9.59 Å². The van der Waals surface area contributed by atoms with E-state index in [-0.39, 0.29) is 17.7 Å². The second-order valence-electron chi connectivity index (χ2n) is 5.86. The van der Waals surface area contributed by atoms with Gasteiger partial charge in [-0.2, -0.15) is 0 Å². The van der Waals surface area contributed by atoms with Crippen LogP contribution in [0.5, 0.6) is 11.5 Å². The fourth-order valence-electron chi connectivity index (χ4n) is 2.44. The zero-order chi connectivity index (χ0) is 17.4. The Kier molecular flexibility index (Phi) is 4.39. The number of halogens is 1. The first-order valence-corrected chi connectivity index (χ1v) is 9.52. The molecule has 2 heterocycles. The van der Waals surface area contributed by atoms with Crippen molar-refractivity contribution in [1.29, 1.82) is 0 Å². The minimum atomic E-state index is -0.241. The largest absolute Gasteiger partial charge is 0.486 e. The second kappa shape index (κ2) is 6.68. The van der Waals surface area contributed by atoms with Crippen molar-refractivity contribution in [2.24, 2.45) is 5.92 Å². The van der Waals surface area contributed by atoms with Gasteiger partial charge in [0.05, 0.1) is 15.6 Å². The molecule has 8 heteroatoms. The lowest BCUT2D eigenvalue weighted by molar-refractivity contribution is -0.117. The second-order valence-corrected chi connectivity index (χ2v) is 7.80. The molecule has 2 amide bonds. The lowest BCUT2D eigenvalue weighted by atomic mass is 10.2. The third-order valence-corrected chi connectivity index (χ3v) is 5.56. The summed E-state index contributed by atoms with van der Waals surface area (Å²) in [6.45, 7) is 0.993. The van der Waals surface area contributed by atoms with E-state index < -0.39 is 0 Å². The zero-order valence-electron chi connectivity index (χ0n) is 13.1. The SMILES string of the molecule is O=C(Nc1cc2c(cc1Br)OCCO2)c1ccc(NC(=O)C2CC2)s1. The first-order valence-electron chi connectivity index (χ1n) is 7.91. The molecule has 0 bridgehead atoms. The molecule has 6 nitrogen and oxygen atoms in total. The number of benzene rings is 1. The highest BCUT2D eigenvalue weighted by molar-refractivity contribution is 9.10. The maximum atomic E-state index is 12.5. The number of carbonyl (C=O) groups is 2. The maximum absolute atomic E-state index is 12.5. The molecule has 130 valence electrons. The average Bonchev–Trinajstić information content (AvgIpc) is 3.35. The molecule has 1 aliphatic carbocycles. The molecule has 0 radical (unpaired) electrons. The van der Waals surface area contributed by atoms with Gasteiger partial charge in [-0.15, -0.1) is 11.3 Å². The summed E-state index contributed by atoms with van der Waals surface area (Å²) in [6, 6.07) is 6.97. The number of hydrogen-bond donors (Lipinski definition) is 2. The van der Waals surface area contributed by atoms with Gasteiger partial charge in [0.15, 0.2) is 11.5 Å². The molecule has 0 saturated heterocycles. The number of thiophene rings is 1. The average molecular weight is 423 g/mol. The van der Waals surface area contributed by atoms with Crippen molar-refractivity contribution < 1.29 is 19.1 Å². The molecule has 2 aliphatic rings. The molecule has 0 atom stereocenters. The van der Waals surface area contributed by atoms with Gasteiger partial charge in [-0.1, -0.05) is 0 Å². The molecule has 25 heavy (non-hydrogen) atoms. The summed E-state index contributed by atoms with van der Waals surface area (Å²) >= 11 is 4.69. The van der Waals surface area contributed by atoms with Gasteiger partial charge >= 0.3 is 0 Å². The highest BCUT2D eigenvalue weighted by Crippen LogP contribution is 2.38. The van der Waals surface area contributed by atoms with E-state index in [0.717, 1.165) is 12.8 Å². The number of amides is 2. The first kappa shape index (κ1) is 16.4. The highest BCUT2D eigenvalue weighted by atomic mass is 79.9. The summed E-state index contributed by atoms with van der Waals surface area (Å²) in [5, 5.41) is 6.39. The number of ether oxygens (including phenoxy) is 2. The molecule has 1 aromatic heterocycles. The Labute approximate surface area is 156 Å². The van der Waals surface area contributed by atoms with Crippen LogP contribution in [0.25, 0.3) is 0 Å². The van der Waals surface area contributed by atoms with Crippen LogP contribution in [0.4, 0.5) is 10.7 Å². The Morgan fingerprint density at radius 3 is 2.52 bits per heavy atom. The monoisotopic (exact) mass is 422 g/mol. The van der Waals surface area contributed by atoms with Crippen LogP contribution in [-0.4, -0.2) is 25.0 Å². The topological polar surface area (TPSA) is 76.7 Å². The van der Waals surface area contributed by atoms with E-state index in [2.05, 4.69) is 26.6 Å². The van der Waals surface area contributed by atoms with E-state index >= 15 is 0 Å². The molecular weight excluding hydrogens is 408 g/mol. The lowest BCUT2D eigenvalue weighted by Gasteiger charge is -2.20. The van der Waals surface area contributed by atoms with E-state index in [0.29, 0.717) is 44.8 Å². The summed E-state index contributed by atoms with van der Waals surface area (Å²) in [7, 11) is 0. The molecular formula is C17H15BrN2O4S. The molecule has 1 aliphatic heterocycles. The number of hydrogen-bond acceptors (Lipinski definition) is 5. The molecule has 2 N–H and O–H groups in total. The Hall–Kier alpha value is -2.06.